The molecule has 0 heterocycles. The first kappa shape index (κ1) is 16.8. The molecule has 4 heteroatoms. The Bertz CT molecular complexity index is 727. The van der Waals surface area contributed by atoms with Gasteiger partial charge in [0.2, 0.25) is 0 Å². The average molecular weight is 325 g/mol. The van der Waals surface area contributed by atoms with E-state index in [9.17, 15) is 9.90 Å². The zero-order chi connectivity index (χ0) is 16.9. The molecule has 0 aliphatic heterocycles. The molecule has 3 rings (SSSR count). The average Bonchev–Trinajstić information content (AvgIpc) is 2.94. The van der Waals surface area contributed by atoms with E-state index in [-0.39, 0.29) is 18.3 Å². The Labute approximate surface area is 142 Å². The Kier molecular flexibility index (Phi) is 5.41. The summed E-state index contributed by atoms with van der Waals surface area (Å²) >= 11 is 0. The van der Waals surface area contributed by atoms with Gasteiger partial charge in [-0.15, -0.1) is 0 Å². The van der Waals surface area contributed by atoms with Gasteiger partial charge in [-0.3, -0.25) is 4.79 Å². The Morgan fingerprint density at radius 1 is 1.08 bits per heavy atom. The number of rotatable bonds is 8. The van der Waals surface area contributed by atoms with Crippen LogP contribution in [0, 0.1) is 0 Å². The molecule has 0 bridgehead atoms. The smallest absolute Gasteiger partial charge is 0.162 e. The fourth-order valence-electron chi connectivity index (χ4n) is 3.34. The highest BCUT2D eigenvalue weighted by Crippen LogP contribution is 2.44. The Balaban J connectivity index is 1.75. The monoisotopic (exact) mass is 325 g/mol. The Morgan fingerprint density at radius 2 is 1.88 bits per heavy atom. The van der Waals surface area contributed by atoms with Crippen molar-refractivity contribution in [2.75, 3.05) is 26.4 Å². The number of ketones is 1. The molecule has 4 nitrogen and oxygen atoms in total. The van der Waals surface area contributed by atoms with E-state index in [0.717, 1.165) is 22.3 Å². The number of aliphatic hydroxyl groups is 1. The van der Waals surface area contributed by atoms with Crippen LogP contribution in [0.4, 0.5) is 0 Å². The van der Waals surface area contributed by atoms with Gasteiger partial charge in [0, 0.05) is 31.1 Å². The molecule has 0 spiro atoms. The lowest BCUT2D eigenvalue weighted by Crippen LogP contribution is -2.10. The van der Waals surface area contributed by atoms with Gasteiger partial charge in [-0.1, -0.05) is 36.4 Å². The van der Waals surface area contributed by atoms with Crippen LogP contribution in [0.15, 0.2) is 42.5 Å². The molecule has 1 unspecified atom stereocenters. The Morgan fingerprint density at radius 3 is 2.67 bits per heavy atom. The third kappa shape index (κ3) is 3.26. The van der Waals surface area contributed by atoms with Gasteiger partial charge in [0.1, 0.15) is 0 Å². The lowest BCUT2D eigenvalue weighted by molar-refractivity contribution is 0.0943. The van der Waals surface area contributed by atoms with Crippen molar-refractivity contribution in [2.45, 2.75) is 18.8 Å². The van der Waals surface area contributed by atoms with Crippen molar-refractivity contribution in [3.05, 3.63) is 59.2 Å². The molecular formula is C20H23NO3. The SMILES string of the molecule is NCCOCCCC(=O)c1ccc2c(c1)C(CO)c1ccccc1-2. The van der Waals surface area contributed by atoms with E-state index in [1.54, 1.807) is 0 Å². The molecule has 2 aromatic rings. The maximum atomic E-state index is 12.4. The number of hydrogen-bond donors (Lipinski definition) is 2. The summed E-state index contributed by atoms with van der Waals surface area (Å²) in [5, 5.41) is 9.80. The lowest BCUT2D eigenvalue weighted by Gasteiger charge is -2.11. The van der Waals surface area contributed by atoms with E-state index in [1.165, 1.54) is 0 Å². The summed E-state index contributed by atoms with van der Waals surface area (Å²) in [6.45, 7) is 1.64. The molecule has 2 aromatic carbocycles. The Hall–Kier alpha value is -2.01. The number of nitrogens with two attached hydrogens (primary N) is 1. The largest absolute Gasteiger partial charge is 0.395 e. The molecule has 0 aromatic heterocycles. The highest BCUT2D eigenvalue weighted by atomic mass is 16.5. The molecule has 0 amide bonds. The number of aliphatic hydroxyl groups excluding tert-OH is 1. The lowest BCUT2D eigenvalue weighted by atomic mass is 9.95. The molecule has 24 heavy (non-hydrogen) atoms. The van der Waals surface area contributed by atoms with E-state index in [0.29, 0.717) is 38.2 Å². The summed E-state index contributed by atoms with van der Waals surface area (Å²) in [6.07, 6.45) is 1.15. The van der Waals surface area contributed by atoms with E-state index < -0.39 is 0 Å². The summed E-state index contributed by atoms with van der Waals surface area (Å²) < 4.78 is 5.31. The van der Waals surface area contributed by atoms with Crippen molar-refractivity contribution in [1.29, 1.82) is 0 Å². The summed E-state index contributed by atoms with van der Waals surface area (Å²) in [4.78, 5) is 12.4. The number of fused-ring (bicyclic) bond motifs is 3. The van der Waals surface area contributed by atoms with Crippen LogP contribution < -0.4 is 5.73 Å². The highest BCUT2D eigenvalue weighted by Gasteiger charge is 2.28. The minimum absolute atomic E-state index is 0.0446. The van der Waals surface area contributed by atoms with Gasteiger partial charge >= 0.3 is 0 Å². The quantitative estimate of drug-likeness (QED) is 0.578. The topological polar surface area (TPSA) is 72.5 Å². The molecular weight excluding hydrogens is 302 g/mol. The maximum Gasteiger partial charge on any atom is 0.162 e. The van der Waals surface area contributed by atoms with E-state index in [2.05, 4.69) is 6.07 Å². The first-order chi connectivity index (χ1) is 11.8. The number of Topliss-reactive ketones (excluding diaryl/α,β-unsaturated/α-hetero) is 1. The van der Waals surface area contributed by atoms with Gasteiger partial charge in [-0.2, -0.15) is 0 Å². The van der Waals surface area contributed by atoms with Crippen LogP contribution in [0.25, 0.3) is 11.1 Å². The summed E-state index contributed by atoms with van der Waals surface area (Å²) in [5.74, 6) is 0.0682. The normalized spacial score (nSPS) is 15.2. The third-order valence-corrected chi connectivity index (χ3v) is 4.51. The van der Waals surface area contributed by atoms with E-state index in [4.69, 9.17) is 10.5 Å². The van der Waals surface area contributed by atoms with Gasteiger partial charge in [0.25, 0.3) is 0 Å². The van der Waals surface area contributed by atoms with Crippen molar-refractivity contribution in [3.8, 4) is 11.1 Å². The van der Waals surface area contributed by atoms with Gasteiger partial charge in [-0.05, 0) is 34.7 Å². The van der Waals surface area contributed by atoms with E-state index in [1.807, 2.05) is 36.4 Å². The molecule has 1 aliphatic carbocycles. The molecule has 0 saturated heterocycles. The summed E-state index contributed by atoms with van der Waals surface area (Å²) in [6, 6.07) is 13.9. The first-order valence-electron chi connectivity index (χ1n) is 8.41. The second-order valence-corrected chi connectivity index (χ2v) is 6.05. The predicted octanol–water partition coefficient (Wildman–Crippen LogP) is 2.73. The van der Waals surface area contributed by atoms with Crippen molar-refractivity contribution >= 4 is 5.78 Å². The predicted molar refractivity (Wildman–Crippen MR) is 94.2 cm³/mol. The number of carbonyl (C=O) groups excluding carboxylic acids is 1. The summed E-state index contributed by atoms with van der Waals surface area (Å²) in [7, 11) is 0. The molecule has 0 saturated carbocycles. The fraction of sp³-hybridized carbons (Fsp3) is 0.350. The summed E-state index contributed by atoms with van der Waals surface area (Å²) in [5.41, 5.74) is 10.5. The van der Waals surface area contributed by atoms with Crippen LogP contribution >= 0.6 is 0 Å². The van der Waals surface area contributed by atoms with Gasteiger partial charge in [0.05, 0.1) is 13.2 Å². The second kappa shape index (κ2) is 7.71. The molecule has 0 fully saturated rings. The molecule has 1 atom stereocenters. The van der Waals surface area contributed by atoms with Crippen LogP contribution in [-0.4, -0.2) is 37.3 Å². The molecule has 0 radical (unpaired) electrons. The molecule has 1 aliphatic rings. The number of benzene rings is 2. The molecule has 3 N–H and O–H groups in total. The van der Waals surface area contributed by atoms with Gasteiger partial charge in [0.15, 0.2) is 5.78 Å². The van der Waals surface area contributed by atoms with E-state index >= 15 is 0 Å². The number of hydrogen-bond acceptors (Lipinski definition) is 4. The second-order valence-electron chi connectivity index (χ2n) is 6.05. The van der Waals surface area contributed by atoms with Crippen molar-refractivity contribution < 1.29 is 14.6 Å². The van der Waals surface area contributed by atoms with Gasteiger partial charge < -0.3 is 15.6 Å². The van der Waals surface area contributed by atoms with Crippen molar-refractivity contribution in [3.63, 3.8) is 0 Å². The minimum atomic E-state index is -0.0446. The highest BCUT2D eigenvalue weighted by molar-refractivity contribution is 5.97. The van der Waals surface area contributed by atoms with Crippen molar-refractivity contribution in [1.82, 2.24) is 0 Å². The minimum Gasteiger partial charge on any atom is -0.395 e. The van der Waals surface area contributed by atoms with Crippen LogP contribution in [0.3, 0.4) is 0 Å². The number of ether oxygens (including phenoxy) is 1. The zero-order valence-electron chi connectivity index (χ0n) is 13.7. The fourth-order valence-corrected chi connectivity index (χ4v) is 3.34. The van der Waals surface area contributed by atoms with Crippen LogP contribution in [-0.2, 0) is 4.74 Å². The zero-order valence-corrected chi connectivity index (χ0v) is 13.7. The standard InChI is InChI=1S/C20H23NO3/c21-9-11-24-10-3-6-20(23)14-7-8-17-15-4-1-2-5-16(15)19(13-22)18(17)12-14/h1-2,4-5,7-8,12,19,22H,3,6,9-11,13,21H2. The van der Waals surface area contributed by atoms with Gasteiger partial charge in [-0.25, -0.2) is 0 Å². The number of carbonyl (C=O) groups is 1. The third-order valence-electron chi connectivity index (χ3n) is 4.51. The maximum absolute atomic E-state index is 12.4. The van der Waals surface area contributed by atoms with Crippen LogP contribution in [0.2, 0.25) is 0 Å². The van der Waals surface area contributed by atoms with Crippen LogP contribution in [0.1, 0.15) is 40.2 Å². The van der Waals surface area contributed by atoms with Crippen LogP contribution in [0.5, 0.6) is 0 Å². The van der Waals surface area contributed by atoms with Crippen molar-refractivity contribution in [2.24, 2.45) is 5.73 Å². The first-order valence-corrected chi connectivity index (χ1v) is 8.41. The molecule has 126 valence electrons.